The van der Waals surface area contributed by atoms with Crippen LogP contribution >= 0.6 is 0 Å². The van der Waals surface area contributed by atoms with Gasteiger partial charge in [0.2, 0.25) is 5.91 Å². The molecule has 0 aliphatic carbocycles. The number of carbonyl (C=O) groups is 1. The van der Waals surface area contributed by atoms with Crippen molar-refractivity contribution in [2.45, 2.75) is 18.9 Å². The van der Waals surface area contributed by atoms with Crippen LogP contribution in [0.3, 0.4) is 0 Å². The van der Waals surface area contributed by atoms with Gasteiger partial charge in [0, 0.05) is 5.92 Å². The molecule has 2 aliphatic heterocycles. The number of nitrogens with one attached hydrogen (secondary N) is 1. The molecule has 3 heteroatoms. The second kappa shape index (κ2) is 1.72. The lowest BCUT2D eigenvalue weighted by molar-refractivity contribution is -0.125. The average Bonchev–Trinajstić information content (AvgIpc) is 2.08. The first-order chi connectivity index (χ1) is 4.72. The first kappa shape index (κ1) is 6.16. The van der Waals surface area contributed by atoms with Gasteiger partial charge >= 0.3 is 0 Å². The third-order valence-corrected chi connectivity index (χ3v) is 2.29. The minimum Gasteiger partial charge on any atom is -0.376 e. The molecule has 3 nitrogen and oxygen atoms in total. The van der Waals surface area contributed by atoms with Gasteiger partial charge in [-0.2, -0.15) is 0 Å². The van der Waals surface area contributed by atoms with Crippen LogP contribution in [-0.4, -0.2) is 24.7 Å². The Morgan fingerprint density at radius 1 is 1.70 bits per heavy atom. The van der Waals surface area contributed by atoms with E-state index in [-0.39, 0.29) is 17.4 Å². The van der Waals surface area contributed by atoms with E-state index in [0.717, 1.165) is 6.42 Å². The summed E-state index contributed by atoms with van der Waals surface area (Å²) in [5.74, 6) is 0.368. The van der Waals surface area contributed by atoms with Crippen LogP contribution in [0.15, 0.2) is 0 Å². The van der Waals surface area contributed by atoms with Crippen LogP contribution in [0.2, 0.25) is 0 Å². The summed E-state index contributed by atoms with van der Waals surface area (Å²) in [4.78, 5) is 11.0. The van der Waals surface area contributed by atoms with Gasteiger partial charge in [-0.15, -0.1) is 0 Å². The second-order valence-corrected chi connectivity index (χ2v) is 3.37. The summed E-state index contributed by atoms with van der Waals surface area (Å²) in [5, 5.41) is 2.95. The molecular weight excluding hydrogens is 130 g/mol. The molecular formula is C7H11NO2. The van der Waals surface area contributed by atoms with Gasteiger partial charge in [0.15, 0.2) is 0 Å². The van der Waals surface area contributed by atoms with Crippen LogP contribution in [-0.2, 0) is 9.53 Å². The summed E-state index contributed by atoms with van der Waals surface area (Å²) in [7, 11) is 0. The van der Waals surface area contributed by atoms with E-state index in [2.05, 4.69) is 5.32 Å². The van der Waals surface area contributed by atoms with Crippen molar-refractivity contribution in [3.8, 4) is 0 Å². The van der Waals surface area contributed by atoms with Crippen LogP contribution in [0.1, 0.15) is 13.3 Å². The maximum Gasteiger partial charge on any atom is 0.223 e. The fourth-order valence-electron chi connectivity index (χ4n) is 1.65. The zero-order chi connectivity index (χ0) is 7.19. The molecule has 0 saturated carbocycles. The maximum absolute atomic E-state index is 11.0. The Hall–Kier alpha value is -0.570. The summed E-state index contributed by atoms with van der Waals surface area (Å²) in [6.45, 7) is 3.38. The van der Waals surface area contributed by atoms with Crippen molar-refractivity contribution < 1.29 is 9.53 Å². The van der Waals surface area contributed by atoms with Gasteiger partial charge in [-0.1, -0.05) is 6.92 Å². The van der Waals surface area contributed by atoms with Crippen LogP contribution in [0.25, 0.3) is 0 Å². The molecule has 1 amide bonds. The van der Waals surface area contributed by atoms with E-state index < -0.39 is 0 Å². The van der Waals surface area contributed by atoms with Gasteiger partial charge in [0.05, 0.1) is 18.8 Å². The topological polar surface area (TPSA) is 38.3 Å². The molecule has 0 aromatic rings. The van der Waals surface area contributed by atoms with Crippen molar-refractivity contribution in [2.75, 3.05) is 13.2 Å². The number of carbonyl (C=O) groups excluding carboxylic acids is 1. The summed E-state index contributed by atoms with van der Waals surface area (Å²) in [5.41, 5.74) is 0.0382. The van der Waals surface area contributed by atoms with Gasteiger partial charge in [-0.05, 0) is 6.42 Å². The summed E-state index contributed by atoms with van der Waals surface area (Å²) >= 11 is 0. The second-order valence-electron chi connectivity index (χ2n) is 3.37. The zero-order valence-corrected chi connectivity index (χ0v) is 6.02. The first-order valence-electron chi connectivity index (χ1n) is 3.62. The van der Waals surface area contributed by atoms with E-state index in [4.69, 9.17) is 4.74 Å². The normalized spacial score (nSPS) is 35.7. The summed E-state index contributed by atoms with van der Waals surface area (Å²) in [6, 6.07) is 0. The van der Waals surface area contributed by atoms with E-state index in [1.54, 1.807) is 0 Å². The molecule has 0 bridgehead atoms. The van der Waals surface area contributed by atoms with Crippen LogP contribution in [0.5, 0.6) is 0 Å². The minimum atomic E-state index is 0.0382. The summed E-state index contributed by atoms with van der Waals surface area (Å²) < 4.78 is 5.04. The Morgan fingerprint density at radius 3 is 2.60 bits per heavy atom. The van der Waals surface area contributed by atoms with Crippen molar-refractivity contribution >= 4 is 5.91 Å². The first-order valence-corrected chi connectivity index (χ1v) is 3.62. The smallest absolute Gasteiger partial charge is 0.223 e. The average molecular weight is 141 g/mol. The lowest BCUT2D eigenvalue weighted by Gasteiger charge is -2.37. The standard InChI is InChI=1S/C7H11NO2/c1-5-2-7(3-10-4-7)8-6(5)9/h5H,2-4H2,1H3,(H,8,9). The fraction of sp³-hybridized carbons (Fsp3) is 0.857. The van der Waals surface area contributed by atoms with Gasteiger partial charge in [-0.3, -0.25) is 4.79 Å². The quantitative estimate of drug-likeness (QED) is 0.512. The molecule has 2 rings (SSSR count). The maximum atomic E-state index is 11.0. The van der Waals surface area contributed by atoms with E-state index >= 15 is 0 Å². The van der Waals surface area contributed by atoms with Gasteiger partial charge in [-0.25, -0.2) is 0 Å². The summed E-state index contributed by atoms with van der Waals surface area (Å²) in [6.07, 6.45) is 0.950. The number of hydrogen-bond donors (Lipinski definition) is 1. The SMILES string of the molecule is CC1CC2(COC2)NC1=O. The van der Waals surface area contributed by atoms with Gasteiger partial charge in [0.1, 0.15) is 0 Å². The molecule has 0 radical (unpaired) electrons. The predicted octanol–water partition coefficient (Wildman–Crippen LogP) is -0.0886. The molecule has 1 unspecified atom stereocenters. The van der Waals surface area contributed by atoms with Gasteiger partial charge < -0.3 is 10.1 Å². The Kier molecular flexibility index (Phi) is 1.06. The number of rotatable bonds is 0. The molecule has 2 heterocycles. The lowest BCUT2D eigenvalue weighted by Crippen LogP contribution is -2.57. The van der Waals surface area contributed by atoms with E-state index in [0.29, 0.717) is 13.2 Å². The molecule has 56 valence electrons. The largest absolute Gasteiger partial charge is 0.376 e. The molecule has 1 N–H and O–H groups in total. The Morgan fingerprint density at radius 2 is 2.40 bits per heavy atom. The highest BCUT2D eigenvalue weighted by atomic mass is 16.5. The third kappa shape index (κ3) is 0.669. The Labute approximate surface area is 59.7 Å². The van der Waals surface area contributed by atoms with Crippen molar-refractivity contribution in [3.63, 3.8) is 0 Å². The van der Waals surface area contributed by atoms with E-state index in [9.17, 15) is 4.79 Å². The van der Waals surface area contributed by atoms with Crippen molar-refractivity contribution in [3.05, 3.63) is 0 Å². The highest BCUT2D eigenvalue weighted by molar-refractivity contribution is 5.82. The van der Waals surface area contributed by atoms with E-state index in [1.807, 2.05) is 6.92 Å². The Bertz CT molecular complexity index is 174. The molecule has 2 fully saturated rings. The highest BCUT2D eigenvalue weighted by Crippen LogP contribution is 2.30. The molecule has 0 aromatic carbocycles. The molecule has 0 aromatic heterocycles. The molecule has 10 heavy (non-hydrogen) atoms. The van der Waals surface area contributed by atoms with Crippen LogP contribution in [0.4, 0.5) is 0 Å². The van der Waals surface area contributed by atoms with E-state index in [1.165, 1.54) is 0 Å². The molecule has 2 saturated heterocycles. The lowest BCUT2D eigenvalue weighted by atomic mass is 9.92. The minimum absolute atomic E-state index is 0.0382. The number of amides is 1. The molecule has 2 aliphatic rings. The van der Waals surface area contributed by atoms with Crippen LogP contribution < -0.4 is 5.32 Å². The molecule has 1 atom stereocenters. The van der Waals surface area contributed by atoms with Crippen molar-refractivity contribution in [1.82, 2.24) is 5.32 Å². The highest BCUT2D eigenvalue weighted by Gasteiger charge is 2.47. The predicted molar refractivity (Wildman–Crippen MR) is 35.5 cm³/mol. The Balaban J connectivity index is 2.10. The zero-order valence-electron chi connectivity index (χ0n) is 6.02. The van der Waals surface area contributed by atoms with Crippen molar-refractivity contribution in [1.29, 1.82) is 0 Å². The van der Waals surface area contributed by atoms with Crippen molar-refractivity contribution in [2.24, 2.45) is 5.92 Å². The molecule has 1 spiro atoms. The number of hydrogen-bond acceptors (Lipinski definition) is 2. The number of ether oxygens (including phenoxy) is 1. The third-order valence-electron chi connectivity index (χ3n) is 2.29. The van der Waals surface area contributed by atoms with Crippen LogP contribution in [0, 0.1) is 5.92 Å². The van der Waals surface area contributed by atoms with Gasteiger partial charge in [0.25, 0.3) is 0 Å². The monoisotopic (exact) mass is 141 g/mol. The fourth-order valence-corrected chi connectivity index (χ4v) is 1.65.